The second-order valence-corrected chi connectivity index (χ2v) is 7.75. The minimum atomic E-state index is -0.0518. The van der Waals surface area contributed by atoms with E-state index in [1.54, 1.807) is 12.4 Å². The molecule has 31 heavy (non-hydrogen) atoms. The van der Waals surface area contributed by atoms with Gasteiger partial charge in [-0.3, -0.25) is 14.7 Å². The molecule has 0 spiro atoms. The maximum atomic E-state index is 12.6. The molecule has 3 heterocycles. The lowest BCUT2D eigenvalue weighted by molar-refractivity contribution is 0.0618. The van der Waals surface area contributed by atoms with Crippen LogP contribution in [-0.4, -0.2) is 61.4 Å². The van der Waals surface area contributed by atoms with E-state index in [0.29, 0.717) is 18.8 Å². The van der Waals surface area contributed by atoms with Crippen LogP contribution in [0.3, 0.4) is 0 Å². The minimum Gasteiger partial charge on any atom is -0.335 e. The van der Waals surface area contributed by atoms with Crippen molar-refractivity contribution in [3.05, 3.63) is 90.3 Å². The average Bonchev–Trinajstić information content (AvgIpc) is 3.17. The summed E-state index contributed by atoms with van der Waals surface area (Å²) in [5.74, 6) is 1.00. The van der Waals surface area contributed by atoms with E-state index in [2.05, 4.69) is 61.9 Å². The Labute approximate surface area is 181 Å². The van der Waals surface area contributed by atoms with Crippen LogP contribution in [0.5, 0.6) is 0 Å². The molecule has 4 aromatic rings. The summed E-state index contributed by atoms with van der Waals surface area (Å²) in [6.07, 6.45) is 4.66. The maximum Gasteiger partial charge on any atom is 0.274 e. The Balaban J connectivity index is 1.31. The molecule has 5 rings (SSSR count). The number of nitrogens with zero attached hydrogens (tertiary/aromatic N) is 6. The summed E-state index contributed by atoms with van der Waals surface area (Å²) in [6.45, 7) is 4.51. The molecule has 0 atom stereocenters. The molecule has 0 bridgehead atoms. The Morgan fingerprint density at radius 3 is 2.42 bits per heavy atom. The number of imidazole rings is 1. The van der Waals surface area contributed by atoms with E-state index in [0.717, 1.165) is 43.0 Å². The molecule has 1 aliphatic rings. The summed E-state index contributed by atoms with van der Waals surface area (Å²) < 4.78 is 2.31. The van der Waals surface area contributed by atoms with Gasteiger partial charge in [0.15, 0.2) is 0 Å². The van der Waals surface area contributed by atoms with Crippen LogP contribution in [-0.2, 0) is 13.1 Å². The molecule has 0 radical (unpaired) electrons. The second-order valence-electron chi connectivity index (χ2n) is 7.75. The number of carbonyl (C=O) groups is 1. The first-order valence-electron chi connectivity index (χ1n) is 10.5. The van der Waals surface area contributed by atoms with Crippen LogP contribution < -0.4 is 0 Å². The Hall–Kier alpha value is -3.58. The zero-order chi connectivity index (χ0) is 21.0. The highest BCUT2D eigenvalue weighted by molar-refractivity contribution is 5.92. The van der Waals surface area contributed by atoms with Crippen LogP contribution in [0.25, 0.3) is 11.0 Å². The van der Waals surface area contributed by atoms with Gasteiger partial charge in [-0.2, -0.15) is 0 Å². The highest BCUT2D eigenvalue weighted by Crippen LogP contribution is 2.20. The van der Waals surface area contributed by atoms with Crippen molar-refractivity contribution in [1.82, 2.24) is 29.3 Å². The number of fused-ring (bicyclic) bond motifs is 1. The van der Waals surface area contributed by atoms with Gasteiger partial charge in [0.2, 0.25) is 0 Å². The summed E-state index contributed by atoms with van der Waals surface area (Å²) in [6, 6.07) is 18.8. The number of aromatic nitrogens is 4. The van der Waals surface area contributed by atoms with E-state index < -0.39 is 0 Å². The van der Waals surface area contributed by atoms with E-state index >= 15 is 0 Å². The summed E-state index contributed by atoms with van der Waals surface area (Å²) in [7, 11) is 0. The molecule has 1 aliphatic heterocycles. The highest BCUT2D eigenvalue weighted by Gasteiger charge is 2.24. The van der Waals surface area contributed by atoms with Crippen LogP contribution in [0.1, 0.15) is 21.9 Å². The van der Waals surface area contributed by atoms with Gasteiger partial charge in [-0.05, 0) is 17.7 Å². The quantitative estimate of drug-likeness (QED) is 0.504. The zero-order valence-corrected chi connectivity index (χ0v) is 17.3. The summed E-state index contributed by atoms with van der Waals surface area (Å²) >= 11 is 0. The molecule has 2 aromatic heterocycles. The molecule has 0 saturated carbocycles. The highest BCUT2D eigenvalue weighted by atomic mass is 16.2. The Kier molecular flexibility index (Phi) is 5.41. The van der Waals surface area contributed by atoms with Crippen molar-refractivity contribution < 1.29 is 4.79 Å². The molecule has 7 heteroatoms. The van der Waals surface area contributed by atoms with Crippen molar-refractivity contribution in [1.29, 1.82) is 0 Å². The van der Waals surface area contributed by atoms with Crippen LogP contribution in [0, 0.1) is 0 Å². The number of hydrogen-bond donors (Lipinski definition) is 0. The van der Waals surface area contributed by atoms with Gasteiger partial charge in [-0.15, -0.1) is 0 Å². The fourth-order valence-corrected chi connectivity index (χ4v) is 4.07. The van der Waals surface area contributed by atoms with Gasteiger partial charge in [0.05, 0.1) is 23.8 Å². The number of piperazine rings is 1. The molecule has 2 aromatic carbocycles. The van der Waals surface area contributed by atoms with Crippen molar-refractivity contribution in [3.63, 3.8) is 0 Å². The third kappa shape index (κ3) is 4.18. The predicted molar refractivity (Wildman–Crippen MR) is 118 cm³/mol. The predicted octanol–water partition coefficient (Wildman–Crippen LogP) is 2.83. The summed E-state index contributed by atoms with van der Waals surface area (Å²) in [4.78, 5) is 29.9. The number of amides is 1. The van der Waals surface area contributed by atoms with E-state index in [-0.39, 0.29) is 5.91 Å². The second kappa shape index (κ2) is 8.65. The van der Waals surface area contributed by atoms with E-state index in [4.69, 9.17) is 4.98 Å². The number of carbonyl (C=O) groups excluding carboxylic acids is 1. The van der Waals surface area contributed by atoms with Crippen LogP contribution in [0.2, 0.25) is 0 Å². The first kappa shape index (κ1) is 19.4. The Morgan fingerprint density at radius 2 is 1.65 bits per heavy atom. The number of rotatable bonds is 5. The third-order valence-electron chi connectivity index (χ3n) is 5.72. The van der Waals surface area contributed by atoms with E-state index in [1.807, 2.05) is 17.0 Å². The van der Waals surface area contributed by atoms with Crippen molar-refractivity contribution in [3.8, 4) is 0 Å². The zero-order valence-electron chi connectivity index (χ0n) is 17.3. The van der Waals surface area contributed by atoms with Gasteiger partial charge in [0, 0.05) is 45.1 Å². The first-order valence-corrected chi connectivity index (χ1v) is 10.5. The molecule has 1 fully saturated rings. The van der Waals surface area contributed by atoms with E-state index in [9.17, 15) is 4.79 Å². The minimum absolute atomic E-state index is 0.0518. The van der Waals surface area contributed by atoms with Gasteiger partial charge >= 0.3 is 0 Å². The number of hydrogen-bond acceptors (Lipinski definition) is 5. The van der Waals surface area contributed by atoms with Crippen molar-refractivity contribution in [2.75, 3.05) is 26.2 Å². The molecule has 1 amide bonds. The van der Waals surface area contributed by atoms with Gasteiger partial charge in [0.25, 0.3) is 5.91 Å². The largest absolute Gasteiger partial charge is 0.335 e. The maximum absolute atomic E-state index is 12.6. The third-order valence-corrected chi connectivity index (χ3v) is 5.72. The van der Waals surface area contributed by atoms with Gasteiger partial charge in [-0.25, -0.2) is 9.97 Å². The van der Waals surface area contributed by atoms with E-state index in [1.165, 1.54) is 11.8 Å². The molecular weight excluding hydrogens is 388 g/mol. The van der Waals surface area contributed by atoms with Crippen molar-refractivity contribution in [2.24, 2.45) is 0 Å². The van der Waals surface area contributed by atoms with Crippen LogP contribution in [0.4, 0.5) is 0 Å². The molecule has 0 N–H and O–H groups in total. The fourth-order valence-electron chi connectivity index (χ4n) is 4.07. The fraction of sp³-hybridized carbons (Fsp3) is 0.250. The van der Waals surface area contributed by atoms with Crippen LogP contribution in [0.15, 0.2) is 73.2 Å². The normalized spacial score (nSPS) is 14.8. The molecule has 0 aliphatic carbocycles. The monoisotopic (exact) mass is 412 g/mol. The molecule has 0 unspecified atom stereocenters. The van der Waals surface area contributed by atoms with Crippen molar-refractivity contribution in [2.45, 2.75) is 13.1 Å². The molecular formula is C24H24N6O. The molecule has 156 valence electrons. The lowest BCUT2D eigenvalue weighted by Gasteiger charge is -2.34. The lowest BCUT2D eigenvalue weighted by Crippen LogP contribution is -2.48. The standard InChI is InChI=1S/C24H24N6O/c31-24(21-16-25-10-11-26-21)29-14-12-28(13-15-29)18-23-27-20-8-4-5-9-22(20)30(23)17-19-6-2-1-3-7-19/h1-11,16H,12-15,17-18H2. The van der Waals surface area contributed by atoms with Crippen LogP contribution >= 0.6 is 0 Å². The first-order chi connectivity index (χ1) is 15.3. The van der Waals surface area contributed by atoms with Gasteiger partial charge in [-0.1, -0.05) is 42.5 Å². The number of para-hydroxylation sites is 2. The topological polar surface area (TPSA) is 67.2 Å². The number of benzene rings is 2. The van der Waals surface area contributed by atoms with Gasteiger partial charge < -0.3 is 9.47 Å². The smallest absolute Gasteiger partial charge is 0.274 e. The van der Waals surface area contributed by atoms with Gasteiger partial charge in [0.1, 0.15) is 11.5 Å². The molecule has 1 saturated heterocycles. The lowest BCUT2D eigenvalue weighted by atomic mass is 10.2. The Bertz CT molecular complexity index is 1170. The SMILES string of the molecule is O=C(c1cnccn1)N1CCN(Cc2nc3ccccc3n2Cc2ccccc2)CC1. The molecule has 7 nitrogen and oxygen atoms in total. The summed E-state index contributed by atoms with van der Waals surface area (Å²) in [5, 5.41) is 0. The Morgan fingerprint density at radius 1 is 0.871 bits per heavy atom. The average molecular weight is 412 g/mol. The van der Waals surface area contributed by atoms with Crippen molar-refractivity contribution >= 4 is 16.9 Å². The summed E-state index contributed by atoms with van der Waals surface area (Å²) in [5.41, 5.74) is 3.83.